The van der Waals surface area contributed by atoms with Crippen LogP contribution in [0.1, 0.15) is 31.7 Å². The quantitative estimate of drug-likeness (QED) is 0.845. The van der Waals surface area contributed by atoms with Gasteiger partial charge in [-0.2, -0.15) is 0 Å². The van der Waals surface area contributed by atoms with Gasteiger partial charge in [-0.15, -0.1) is 0 Å². The van der Waals surface area contributed by atoms with Gasteiger partial charge in [-0.3, -0.25) is 4.79 Å². The summed E-state index contributed by atoms with van der Waals surface area (Å²) < 4.78 is 5.82. The molecule has 2 atom stereocenters. The van der Waals surface area contributed by atoms with E-state index in [1.54, 1.807) is 0 Å². The Bertz CT molecular complexity index is 456. The van der Waals surface area contributed by atoms with Crippen LogP contribution >= 0.6 is 0 Å². The van der Waals surface area contributed by atoms with Crippen molar-refractivity contribution in [1.29, 1.82) is 0 Å². The lowest BCUT2D eigenvalue weighted by Gasteiger charge is -2.24. The van der Waals surface area contributed by atoms with Crippen LogP contribution in [0.25, 0.3) is 0 Å². The number of rotatable bonds is 6. The van der Waals surface area contributed by atoms with Crippen LogP contribution in [0, 0.1) is 12.8 Å². The average molecular weight is 290 g/mol. The van der Waals surface area contributed by atoms with Gasteiger partial charge in [0, 0.05) is 6.54 Å². The second kappa shape index (κ2) is 8.03. The fourth-order valence-electron chi connectivity index (χ4n) is 2.63. The summed E-state index contributed by atoms with van der Waals surface area (Å²) in [7, 11) is 0. The van der Waals surface area contributed by atoms with Crippen molar-refractivity contribution in [3.8, 4) is 5.75 Å². The van der Waals surface area contributed by atoms with Crippen LogP contribution in [0.15, 0.2) is 24.3 Å². The van der Waals surface area contributed by atoms with E-state index in [4.69, 9.17) is 4.74 Å². The van der Waals surface area contributed by atoms with E-state index in [-0.39, 0.29) is 5.91 Å². The number of ether oxygens (including phenoxy) is 1. The molecule has 2 rings (SSSR count). The van der Waals surface area contributed by atoms with E-state index >= 15 is 0 Å². The molecule has 4 nitrogen and oxygen atoms in total. The third-order valence-corrected chi connectivity index (χ3v) is 3.90. The van der Waals surface area contributed by atoms with Crippen LogP contribution in [-0.4, -0.2) is 31.6 Å². The standard InChI is InChI=1S/C17H26N2O2/c1-3-16(21-15-8-4-6-13(2)10-15)17(20)19-12-14-7-5-9-18-11-14/h4,6,8,10,14,16,18H,3,5,7,9,11-12H2,1-2H3,(H,19,20). The van der Waals surface area contributed by atoms with Gasteiger partial charge in [-0.25, -0.2) is 0 Å². The zero-order valence-electron chi connectivity index (χ0n) is 13.0. The Morgan fingerprint density at radius 1 is 1.52 bits per heavy atom. The molecule has 1 heterocycles. The molecule has 0 aliphatic carbocycles. The first-order valence-electron chi connectivity index (χ1n) is 7.90. The highest BCUT2D eigenvalue weighted by atomic mass is 16.5. The van der Waals surface area contributed by atoms with Crippen molar-refractivity contribution in [3.05, 3.63) is 29.8 Å². The normalized spacial score (nSPS) is 19.8. The molecule has 2 N–H and O–H groups in total. The lowest BCUT2D eigenvalue weighted by atomic mass is 10.00. The second-order valence-corrected chi connectivity index (χ2v) is 5.79. The highest BCUT2D eigenvalue weighted by Crippen LogP contribution is 2.15. The number of carbonyl (C=O) groups excluding carboxylic acids is 1. The van der Waals surface area contributed by atoms with Crippen LogP contribution < -0.4 is 15.4 Å². The number of aryl methyl sites for hydroxylation is 1. The van der Waals surface area contributed by atoms with Crippen LogP contribution in [-0.2, 0) is 4.79 Å². The maximum Gasteiger partial charge on any atom is 0.261 e. The summed E-state index contributed by atoms with van der Waals surface area (Å²) >= 11 is 0. The molecule has 4 heteroatoms. The van der Waals surface area contributed by atoms with Crippen molar-refractivity contribution in [2.45, 2.75) is 39.2 Å². The number of hydrogen-bond donors (Lipinski definition) is 2. The van der Waals surface area contributed by atoms with Crippen molar-refractivity contribution in [1.82, 2.24) is 10.6 Å². The van der Waals surface area contributed by atoms with E-state index in [1.807, 2.05) is 38.1 Å². The van der Waals surface area contributed by atoms with Crippen LogP contribution in [0.2, 0.25) is 0 Å². The summed E-state index contributed by atoms with van der Waals surface area (Å²) in [4.78, 5) is 12.2. The Hall–Kier alpha value is -1.55. The Balaban J connectivity index is 1.83. The first-order valence-corrected chi connectivity index (χ1v) is 7.90. The fraction of sp³-hybridized carbons (Fsp3) is 0.588. The third kappa shape index (κ3) is 5.05. The first-order chi connectivity index (χ1) is 10.2. The molecule has 0 radical (unpaired) electrons. The highest BCUT2D eigenvalue weighted by molar-refractivity contribution is 5.81. The van der Waals surface area contributed by atoms with Gasteiger partial charge in [0.2, 0.25) is 0 Å². The SMILES string of the molecule is CCC(Oc1cccc(C)c1)C(=O)NCC1CCCNC1. The van der Waals surface area contributed by atoms with E-state index in [0.717, 1.165) is 30.9 Å². The minimum atomic E-state index is -0.414. The Morgan fingerprint density at radius 2 is 2.38 bits per heavy atom. The largest absolute Gasteiger partial charge is 0.481 e. The third-order valence-electron chi connectivity index (χ3n) is 3.90. The number of nitrogens with one attached hydrogen (secondary N) is 2. The number of hydrogen-bond acceptors (Lipinski definition) is 3. The van der Waals surface area contributed by atoms with Gasteiger partial charge in [0.1, 0.15) is 5.75 Å². The molecule has 0 saturated carbocycles. The van der Waals surface area contributed by atoms with Gasteiger partial charge < -0.3 is 15.4 Å². The van der Waals surface area contributed by atoms with Crippen LogP contribution in [0.5, 0.6) is 5.75 Å². The molecule has 2 unspecified atom stereocenters. The lowest BCUT2D eigenvalue weighted by molar-refractivity contribution is -0.128. The summed E-state index contributed by atoms with van der Waals surface area (Å²) in [5.41, 5.74) is 1.14. The van der Waals surface area contributed by atoms with E-state index < -0.39 is 6.10 Å². The number of amides is 1. The molecule has 116 valence electrons. The monoisotopic (exact) mass is 290 g/mol. The highest BCUT2D eigenvalue weighted by Gasteiger charge is 2.20. The van der Waals surface area contributed by atoms with Crippen molar-refractivity contribution in [2.75, 3.05) is 19.6 Å². The van der Waals surface area contributed by atoms with Gasteiger partial charge in [0.25, 0.3) is 5.91 Å². The molecular formula is C17H26N2O2. The topological polar surface area (TPSA) is 50.4 Å². The molecule has 1 aromatic rings. The van der Waals surface area contributed by atoms with Crippen molar-refractivity contribution >= 4 is 5.91 Å². The predicted octanol–water partition coefficient (Wildman–Crippen LogP) is 2.27. The second-order valence-electron chi connectivity index (χ2n) is 5.79. The smallest absolute Gasteiger partial charge is 0.261 e. The summed E-state index contributed by atoms with van der Waals surface area (Å²) in [5, 5.41) is 6.40. The summed E-state index contributed by atoms with van der Waals surface area (Å²) in [6.07, 6.45) is 2.63. The molecule has 1 aliphatic rings. The summed E-state index contributed by atoms with van der Waals surface area (Å²) in [6.45, 7) is 6.82. The van der Waals surface area contributed by atoms with Crippen LogP contribution in [0.4, 0.5) is 0 Å². The Kier molecular flexibility index (Phi) is 6.05. The number of carbonyl (C=O) groups is 1. The van der Waals surface area contributed by atoms with Gasteiger partial charge >= 0.3 is 0 Å². The van der Waals surface area contributed by atoms with Crippen molar-refractivity contribution < 1.29 is 9.53 Å². The van der Waals surface area contributed by atoms with Gasteiger partial charge in [-0.05, 0) is 62.9 Å². The maximum absolute atomic E-state index is 12.2. The van der Waals surface area contributed by atoms with Crippen molar-refractivity contribution in [2.24, 2.45) is 5.92 Å². The molecule has 1 saturated heterocycles. The minimum absolute atomic E-state index is 0.00965. The van der Waals surface area contributed by atoms with E-state index in [1.165, 1.54) is 12.8 Å². The van der Waals surface area contributed by atoms with Gasteiger partial charge in [0.15, 0.2) is 6.10 Å². The van der Waals surface area contributed by atoms with Gasteiger partial charge in [-0.1, -0.05) is 19.1 Å². The fourth-order valence-corrected chi connectivity index (χ4v) is 2.63. The molecule has 1 aromatic carbocycles. The number of piperidine rings is 1. The zero-order valence-corrected chi connectivity index (χ0v) is 13.0. The lowest BCUT2D eigenvalue weighted by Crippen LogP contribution is -2.43. The first kappa shape index (κ1) is 15.8. The molecule has 0 spiro atoms. The summed E-state index contributed by atoms with van der Waals surface area (Å²) in [5.74, 6) is 1.29. The maximum atomic E-state index is 12.2. The zero-order chi connectivity index (χ0) is 15.1. The van der Waals surface area contributed by atoms with Crippen molar-refractivity contribution in [3.63, 3.8) is 0 Å². The van der Waals surface area contributed by atoms with E-state index in [0.29, 0.717) is 12.3 Å². The number of benzene rings is 1. The molecule has 1 aliphatic heterocycles. The molecule has 1 fully saturated rings. The van der Waals surface area contributed by atoms with E-state index in [9.17, 15) is 4.79 Å². The Morgan fingerprint density at radius 3 is 3.05 bits per heavy atom. The molecule has 21 heavy (non-hydrogen) atoms. The molecule has 0 bridgehead atoms. The molecular weight excluding hydrogens is 264 g/mol. The van der Waals surface area contributed by atoms with Gasteiger partial charge in [0.05, 0.1) is 0 Å². The predicted molar refractivity (Wildman–Crippen MR) is 84.5 cm³/mol. The van der Waals surface area contributed by atoms with E-state index in [2.05, 4.69) is 10.6 Å². The van der Waals surface area contributed by atoms with Crippen LogP contribution in [0.3, 0.4) is 0 Å². The minimum Gasteiger partial charge on any atom is -0.481 e. The molecule has 1 amide bonds. The molecule has 0 aromatic heterocycles. The summed E-state index contributed by atoms with van der Waals surface area (Å²) in [6, 6.07) is 7.82. The average Bonchev–Trinajstić information content (AvgIpc) is 2.51. The Labute approximate surface area is 127 Å².